The summed E-state index contributed by atoms with van der Waals surface area (Å²) in [6, 6.07) is 8.00. The van der Waals surface area contributed by atoms with Crippen molar-refractivity contribution in [2.45, 2.75) is 25.9 Å². The van der Waals surface area contributed by atoms with E-state index >= 15 is 0 Å². The maximum Gasteiger partial charge on any atom is 0.222 e. The van der Waals surface area contributed by atoms with Gasteiger partial charge in [-0.1, -0.05) is 12.1 Å². The second-order valence-corrected chi connectivity index (χ2v) is 5.09. The predicted octanol–water partition coefficient (Wildman–Crippen LogP) is 2.22. The molecule has 3 rings (SSSR count). The summed E-state index contributed by atoms with van der Waals surface area (Å²) in [4.78, 5) is 11.0. The van der Waals surface area contributed by atoms with Gasteiger partial charge in [0.15, 0.2) is 0 Å². The van der Waals surface area contributed by atoms with Crippen molar-refractivity contribution < 1.29 is 4.74 Å². The fraction of sp³-hybridized carbons (Fsp3) is 0.467. The standard InChI is InChI=1S/C15H20N4O/c1-2-20-11-6-5-9-19(10-11)14-12-7-3-4-8-13(12)17-15(16)18-14/h3-4,7-8,11H,2,5-6,9-10H2,1H3,(H2,16,17,18). The molecule has 1 fully saturated rings. The molecule has 1 aliphatic rings. The van der Waals surface area contributed by atoms with Gasteiger partial charge in [0.1, 0.15) is 5.82 Å². The number of nitrogens with two attached hydrogens (primary N) is 1. The van der Waals surface area contributed by atoms with E-state index < -0.39 is 0 Å². The van der Waals surface area contributed by atoms with E-state index in [-0.39, 0.29) is 6.10 Å². The predicted molar refractivity (Wildman–Crippen MR) is 80.8 cm³/mol. The molecule has 1 aliphatic heterocycles. The Hall–Kier alpha value is -1.88. The molecule has 1 saturated heterocycles. The molecule has 1 aromatic heterocycles. The van der Waals surface area contributed by atoms with Crippen LogP contribution in [0.25, 0.3) is 10.9 Å². The van der Waals surface area contributed by atoms with Crippen molar-refractivity contribution in [1.29, 1.82) is 0 Å². The van der Waals surface area contributed by atoms with Gasteiger partial charge in [0.25, 0.3) is 0 Å². The summed E-state index contributed by atoms with van der Waals surface area (Å²) in [7, 11) is 0. The molecule has 0 radical (unpaired) electrons. The smallest absolute Gasteiger partial charge is 0.222 e. The van der Waals surface area contributed by atoms with Crippen molar-refractivity contribution >= 4 is 22.7 Å². The number of ether oxygens (including phenoxy) is 1. The number of piperidine rings is 1. The van der Waals surface area contributed by atoms with E-state index in [0.717, 1.165) is 49.3 Å². The summed E-state index contributed by atoms with van der Waals surface area (Å²) >= 11 is 0. The molecular weight excluding hydrogens is 252 g/mol. The third-order valence-corrected chi connectivity index (χ3v) is 3.68. The van der Waals surface area contributed by atoms with Crippen molar-refractivity contribution in [3.63, 3.8) is 0 Å². The van der Waals surface area contributed by atoms with E-state index in [1.54, 1.807) is 0 Å². The molecular formula is C15H20N4O. The monoisotopic (exact) mass is 272 g/mol. The highest BCUT2D eigenvalue weighted by atomic mass is 16.5. The lowest BCUT2D eigenvalue weighted by atomic mass is 10.1. The number of hydrogen-bond acceptors (Lipinski definition) is 5. The molecule has 0 bridgehead atoms. The lowest BCUT2D eigenvalue weighted by Gasteiger charge is -2.33. The number of fused-ring (bicyclic) bond motifs is 1. The highest BCUT2D eigenvalue weighted by Crippen LogP contribution is 2.27. The van der Waals surface area contributed by atoms with Crippen molar-refractivity contribution in [3.8, 4) is 0 Å². The van der Waals surface area contributed by atoms with Gasteiger partial charge in [-0.25, -0.2) is 4.98 Å². The Morgan fingerprint density at radius 2 is 2.20 bits per heavy atom. The number of anilines is 2. The summed E-state index contributed by atoms with van der Waals surface area (Å²) in [5.74, 6) is 1.26. The van der Waals surface area contributed by atoms with Gasteiger partial charge in [-0.05, 0) is 31.9 Å². The Kier molecular flexibility index (Phi) is 3.69. The van der Waals surface area contributed by atoms with Crippen LogP contribution >= 0.6 is 0 Å². The average Bonchev–Trinajstić information content (AvgIpc) is 2.47. The van der Waals surface area contributed by atoms with Gasteiger partial charge in [0.2, 0.25) is 5.95 Å². The minimum absolute atomic E-state index is 0.281. The zero-order chi connectivity index (χ0) is 13.9. The van der Waals surface area contributed by atoms with Crippen LogP contribution in [0.15, 0.2) is 24.3 Å². The molecule has 106 valence electrons. The summed E-state index contributed by atoms with van der Waals surface area (Å²) in [6.45, 7) is 4.65. The molecule has 0 aliphatic carbocycles. The van der Waals surface area contributed by atoms with Crippen LogP contribution < -0.4 is 10.6 Å². The largest absolute Gasteiger partial charge is 0.377 e. The molecule has 0 spiro atoms. The molecule has 1 aromatic carbocycles. The topological polar surface area (TPSA) is 64.3 Å². The van der Waals surface area contributed by atoms with E-state index in [1.165, 1.54) is 0 Å². The lowest BCUT2D eigenvalue weighted by molar-refractivity contribution is 0.0526. The van der Waals surface area contributed by atoms with Crippen LogP contribution in [-0.2, 0) is 4.74 Å². The van der Waals surface area contributed by atoms with Crippen LogP contribution in [0.5, 0.6) is 0 Å². The highest BCUT2D eigenvalue weighted by Gasteiger charge is 2.23. The van der Waals surface area contributed by atoms with Gasteiger partial charge >= 0.3 is 0 Å². The molecule has 2 heterocycles. The SMILES string of the molecule is CCOC1CCCN(c2nc(N)nc3ccccc23)C1. The zero-order valence-corrected chi connectivity index (χ0v) is 11.7. The Labute approximate surface area is 118 Å². The van der Waals surface area contributed by atoms with Gasteiger partial charge in [-0.15, -0.1) is 0 Å². The number of para-hydroxylation sites is 1. The van der Waals surface area contributed by atoms with E-state index in [4.69, 9.17) is 10.5 Å². The number of aromatic nitrogens is 2. The Balaban J connectivity index is 1.96. The van der Waals surface area contributed by atoms with Crippen molar-refractivity contribution in [1.82, 2.24) is 9.97 Å². The lowest BCUT2D eigenvalue weighted by Crippen LogP contribution is -2.40. The molecule has 2 aromatic rings. The Morgan fingerprint density at radius 1 is 1.35 bits per heavy atom. The number of benzene rings is 1. The molecule has 2 N–H and O–H groups in total. The first kappa shape index (κ1) is 13.1. The Bertz CT molecular complexity index is 599. The number of nitrogen functional groups attached to an aromatic ring is 1. The first-order valence-electron chi connectivity index (χ1n) is 7.16. The second kappa shape index (κ2) is 5.63. The second-order valence-electron chi connectivity index (χ2n) is 5.09. The molecule has 5 nitrogen and oxygen atoms in total. The van der Waals surface area contributed by atoms with Crippen LogP contribution in [0.2, 0.25) is 0 Å². The maximum absolute atomic E-state index is 5.84. The van der Waals surface area contributed by atoms with Crippen LogP contribution in [-0.4, -0.2) is 35.8 Å². The molecule has 1 unspecified atom stereocenters. The van der Waals surface area contributed by atoms with E-state index in [2.05, 4.69) is 14.9 Å². The third-order valence-electron chi connectivity index (χ3n) is 3.68. The summed E-state index contributed by atoms with van der Waals surface area (Å²) in [5, 5.41) is 1.05. The Morgan fingerprint density at radius 3 is 3.05 bits per heavy atom. The first-order chi connectivity index (χ1) is 9.78. The van der Waals surface area contributed by atoms with Gasteiger partial charge in [0, 0.05) is 25.1 Å². The fourth-order valence-electron chi connectivity index (χ4n) is 2.82. The van der Waals surface area contributed by atoms with Gasteiger partial charge < -0.3 is 15.4 Å². The molecule has 20 heavy (non-hydrogen) atoms. The zero-order valence-electron chi connectivity index (χ0n) is 11.7. The summed E-state index contributed by atoms with van der Waals surface area (Å²) < 4.78 is 5.76. The van der Waals surface area contributed by atoms with E-state index in [1.807, 2.05) is 31.2 Å². The molecule has 0 saturated carbocycles. The minimum atomic E-state index is 0.281. The number of nitrogens with zero attached hydrogens (tertiary/aromatic N) is 3. The van der Waals surface area contributed by atoms with Gasteiger partial charge in [-0.2, -0.15) is 4.98 Å². The fourth-order valence-corrected chi connectivity index (χ4v) is 2.82. The van der Waals surface area contributed by atoms with Crippen LogP contribution in [0.4, 0.5) is 11.8 Å². The highest BCUT2D eigenvalue weighted by molar-refractivity contribution is 5.90. The van der Waals surface area contributed by atoms with Crippen molar-refractivity contribution in [2.24, 2.45) is 0 Å². The average molecular weight is 272 g/mol. The maximum atomic E-state index is 5.84. The van der Waals surface area contributed by atoms with Crippen molar-refractivity contribution in [3.05, 3.63) is 24.3 Å². The van der Waals surface area contributed by atoms with Crippen LogP contribution in [0.1, 0.15) is 19.8 Å². The number of hydrogen-bond donors (Lipinski definition) is 1. The number of rotatable bonds is 3. The first-order valence-corrected chi connectivity index (χ1v) is 7.16. The minimum Gasteiger partial charge on any atom is -0.377 e. The summed E-state index contributed by atoms with van der Waals surface area (Å²) in [6.07, 6.45) is 2.51. The van der Waals surface area contributed by atoms with E-state index in [0.29, 0.717) is 5.95 Å². The molecule has 1 atom stereocenters. The van der Waals surface area contributed by atoms with E-state index in [9.17, 15) is 0 Å². The van der Waals surface area contributed by atoms with Gasteiger partial charge in [-0.3, -0.25) is 0 Å². The normalized spacial score (nSPS) is 19.4. The van der Waals surface area contributed by atoms with Crippen molar-refractivity contribution in [2.75, 3.05) is 30.3 Å². The third kappa shape index (κ3) is 2.54. The van der Waals surface area contributed by atoms with Crippen LogP contribution in [0.3, 0.4) is 0 Å². The summed E-state index contributed by atoms with van der Waals surface area (Å²) in [5.41, 5.74) is 6.74. The quantitative estimate of drug-likeness (QED) is 0.928. The van der Waals surface area contributed by atoms with Gasteiger partial charge in [0.05, 0.1) is 11.6 Å². The van der Waals surface area contributed by atoms with Crippen LogP contribution in [0, 0.1) is 0 Å². The molecule has 0 amide bonds. The molecule has 5 heteroatoms.